The molecule has 3 aromatic rings. The number of anilines is 1. The van der Waals surface area contributed by atoms with Gasteiger partial charge in [-0.3, -0.25) is 9.59 Å². The first-order valence-electron chi connectivity index (χ1n) is 11.5. The van der Waals surface area contributed by atoms with Crippen LogP contribution in [-0.4, -0.2) is 31.1 Å². The van der Waals surface area contributed by atoms with Crippen LogP contribution in [0.2, 0.25) is 0 Å². The third kappa shape index (κ3) is 6.51. The highest BCUT2D eigenvalue weighted by Crippen LogP contribution is 2.54. The molecule has 0 unspecified atom stereocenters. The highest BCUT2D eigenvalue weighted by Gasteiger charge is 2.73. The summed E-state index contributed by atoms with van der Waals surface area (Å²) in [6.45, 7) is 0. The monoisotopic (exact) mass is 686 g/mol. The van der Waals surface area contributed by atoms with Crippen molar-refractivity contribution in [2.45, 2.75) is 30.6 Å². The molecule has 0 N–H and O–H groups in total. The van der Waals surface area contributed by atoms with Crippen LogP contribution in [-0.2, 0) is 18.3 Å². The summed E-state index contributed by atoms with van der Waals surface area (Å²) in [5.74, 6) is -3.10. The van der Waals surface area contributed by atoms with Crippen LogP contribution < -0.4 is 4.90 Å². The van der Waals surface area contributed by atoms with Crippen molar-refractivity contribution in [3.63, 3.8) is 0 Å². The smallest absolute Gasteiger partial charge is 0.311 e. The molecule has 0 aliphatic carbocycles. The van der Waals surface area contributed by atoms with Crippen molar-refractivity contribution in [1.29, 1.82) is 5.26 Å². The van der Waals surface area contributed by atoms with Crippen molar-refractivity contribution in [3.05, 3.63) is 98.3 Å². The molecule has 0 aliphatic heterocycles. The standard InChI is InChI=1S/C27H14BrF11N2O2/c1-41(23(43)17-6-5-13(12-40)7-21(17)29)16-4-2-3-14(8-16)22(42)11-18-19(25(31,32)33)9-15(10-20(18)28)24(30,26(34,35)36)27(37,38)39/h2-10H,11H2,1H3. The van der Waals surface area contributed by atoms with Gasteiger partial charge in [-0.1, -0.05) is 28.1 Å². The van der Waals surface area contributed by atoms with Crippen LogP contribution in [0.3, 0.4) is 0 Å². The summed E-state index contributed by atoms with van der Waals surface area (Å²) in [4.78, 5) is 26.6. The second-order valence-corrected chi connectivity index (χ2v) is 9.81. The van der Waals surface area contributed by atoms with Crippen LogP contribution in [0.5, 0.6) is 0 Å². The Morgan fingerprint density at radius 3 is 2.00 bits per heavy atom. The molecule has 1 amide bonds. The van der Waals surface area contributed by atoms with Crippen LogP contribution >= 0.6 is 15.9 Å². The Morgan fingerprint density at radius 1 is 0.884 bits per heavy atom. The normalized spacial score (nSPS) is 12.6. The van der Waals surface area contributed by atoms with Crippen LogP contribution in [0, 0.1) is 17.1 Å². The van der Waals surface area contributed by atoms with Gasteiger partial charge in [0.05, 0.1) is 22.8 Å². The molecule has 0 heterocycles. The molecular weight excluding hydrogens is 673 g/mol. The minimum Gasteiger partial charge on any atom is -0.311 e. The zero-order valence-corrected chi connectivity index (χ0v) is 22.7. The van der Waals surface area contributed by atoms with Crippen molar-refractivity contribution in [2.24, 2.45) is 0 Å². The van der Waals surface area contributed by atoms with E-state index >= 15 is 0 Å². The molecule has 0 aliphatic rings. The van der Waals surface area contributed by atoms with Gasteiger partial charge in [-0.2, -0.15) is 44.8 Å². The van der Waals surface area contributed by atoms with E-state index in [1.54, 1.807) is 6.07 Å². The van der Waals surface area contributed by atoms with E-state index in [4.69, 9.17) is 5.26 Å². The summed E-state index contributed by atoms with van der Waals surface area (Å²) in [6.07, 6.45) is -20.2. The highest BCUT2D eigenvalue weighted by atomic mass is 79.9. The summed E-state index contributed by atoms with van der Waals surface area (Å²) >= 11 is 2.46. The second-order valence-electron chi connectivity index (χ2n) is 8.96. The van der Waals surface area contributed by atoms with Gasteiger partial charge < -0.3 is 4.90 Å². The molecule has 3 aromatic carbocycles. The van der Waals surface area contributed by atoms with Gasteiger partial charge in [0.1, 0.15) is 5.82 Å². The average molecular weight is 687 g/mol. The molecule has 0 bridgehead atoms. The number of rotatable bonds is 6. The summed E-state index contributed by atoms with van der Waals surface area (Å²) in [7, 11) is 1.17. The maximum atomic E-state index is 14.5. The van der Waals surface area contributed by atoms with Crippen LogP contribution in [0.25, 0.3) is 0 Å². The number of carbonyl (C=O) groups excluding carboxylic acids is 2. The fourth-order valence-electron chi connectivity index (χ4n) is 3.96. The number of halogens is 12. The van der Waals surface area contributed by atoms with Crippen molar-refractivity contribution < 1.29 is 57.9 Å². The third-order valence-electron chi connectivity index (χ3n) is 6.21. The Balaban J connectivity index is 2.02. The number of nitriles is 1. The molecule has 0 atom stereocenters. The molecule has 0 aromatic heterocycles. The Hall–Kier alpha value is -4.00. The zero-order chi connectivity index (χ0) is 32.7. The SMILES string of the molecule is CN(C(=O)c1ccc(C#N)cc1F)c1cccc(C(=O)Cc2c(Br)cc(C(F)(C(F)(F)F)C(F)(F)F)cc2C(F)(F)F)c1. The summed E-state index contributed by atoms with van der Waals surface area (Å²) in [5.41, 5.74) is -12.7. The molecule has 0 spiro atoms. The van der Waals surface area contributed by atoms with Crippen molar-refractivity contribution in [3.8, 4) is 6.07 Å². The van der Waals surface area contributed by atoms with Crippen molar-refractivity contribution in [2.75, 3.05) is 11.9 Å². The number of Topliss-reactive ketones (excluding diaryl/α,β-unsaturated/α-hetero) is 1. The first-order chi connectivity index (χ1) is 19.6. The van der Waals surface area contributed by atoms with Gasteiger partial charge >= 0.3 is 24.2 Å². The van der Waals surface area contributed by atoms with Crippen LogP contribution in [0.4, 0.5) is 54.0 Å². The first kappa shape index (κ1) is 33.5. The minimum atomic E-state index is -6.69. The number of carbonyl (C=O) groups is 2. The molecule has 228 valence electrons. The number of alkyl halides is 10. The van der Waals surface area contributed by atoms with E-state index in [1.165, 1.54) is 25.2 Å². The second kappa shape index (κ2) is 11.6. The number of benzene rings is 3. The fourth-order valence-corrected chi connectivity index (χ4v) is 4.56. The largest absolute Gasteiger partial charge is 0.435 e. The fraction of sp³-hybridized carbons (Fsp3) is 0.222. The van der Waals surface area contributed by atoms with E-state index in [0.717, 1.165) is 29.2 Å². The highest BCUT2D eigenvalue weighted by molar-refractivity contribution is 9.10. The maximum Gasteiger partial charge on any atom is 0.435 e. The van der Waals surface area contributed by atoms with E-state index < -0.39 is 80.9 Å². The Bertz CT molecular complexity index is 1610. The molecule has 16 heteroatoms. The first-order valence-corrected chi connectivity index (χ1v) is 12.3. The molecule has 0 radical (unpaired) electrons. The number of hydrogen-bond acceptors (Lipinski definition) is 3. The lowest BCUT2D eigenvalue weighted by molar-refractivity contribution is -0.348. The molecule has 43 heavy (non-hydrogen) atoms. The topological polar surface area (TPSA) is 61.2 Å². The predicted molar refractivity (Wildman–Crippen MR) is 132 cm³/mol. The van der Waals surface area contributed by atoms with Gasteiger partial charge in [-0.05, 0) is 48.0 Å². The maximum absolute atomic E-state index is 14.5. The van der Waals surface area contributed by atoms with E-state index in [0.29, 0.717) is 0 Å². The van der Waals surface area contributed by atoms with Gasteiger partial charge in [0.2, 0.25) is 0 Å². The van der Waals surface area contributed by atoms with Crippen molar-refractivity contribution >= 4 is 33.3 Å². The van der Waals surface area contributed by atoms with Crippen LogP contribution in [0.1, 0.15) is 43.0 Å². The molecule has 0 fully saturated rings. The van der Waals surface area contributed by atoms with E-state index in [1.807, 2.05) is 0 Å². The molecular formula is C27H14BrF11N2O2. The Labute approximate surface area is 243 Å². The lowest BCUT2D eigenvalue weighted by atomic mass is 9.89. The van der Waals surface area contributed by atoms with Crippen LogP contribution in [0.15, 0.2) is 59.1 Å². The van der Waals surface area contributed by atoms with Gasteiger partial charge in [0.25, 0.3) is 5.91 Å². The molecule has 3 rings (SSSR count). The molecule has 0 saturated heterocycles. The predicted octanol–water partition coefficient (Wildman–Crippen LogP) is 8.47. The van der Waals surface area contributed by atoms with Gasteiger partial charge in [0.15, 0.2) is 5.78 Å². The zero-order valence-electron chi connectivity index (χ0n) is 21.1. The van der Waals surface area contributed by atoms with E-state index in [-0.39, 0.29) is 22.9 Å². The average Bonchev–Trinajstić information content (AvgIpc) is 2.90. The quantitative estimate of drug-likeness (QED) is 0.193. The lowest BCUT2D eigenvalue weighted by Crippen LogP contribution is -2.50. The molecule has 4 nitrogen and oxygen atoms in total. The number of amides is 1. The number of nitrogens with zero attached hydrogens (tertiary/aromatic N) is 2. The molecule has 0 saturated carbocycles. The minimum absolute atomic E-state index is 0.0531. The lowest BCUT2D eigenvalue weighted by Gasteiger charge is -2.31. The van der Waals surface area contributed by atoms with Gasteiger partial charge in [-0.25, -0.2) is 8.78 Å². The van der Waals surface area contributed by atoms with Crippen molar-refractivity contribution in [1.82, 2.24) is 0 Å². The van der Waals surface area contributed by atoms with Gasteiger partial charge in [-0.15, -0.1) is 0 Å². The summed E-state index contributed by atoms with van der Waals surface area (Å²) < 4.78 is 148. The Kier molecular flexibility index (Phi) is 9.03. The number of hydrogen-bond donors (Lipinski definition) is 0. The third-order valence-corrected chi connectivity index (χ3v) is 6.91. The van der Waals surface area contributed by atoms with E-state index in [9.17, 15) is 57.9 Å². The summed E-state index contributed by atoms with van der Waals surface area (Å²) in [5, 5.41) is 8.84. The van der Waals surface area contributed by atoms with E-state index in [2.05, 4.69) is 15.9 Å². The Morgan fingerprint density at radius 2 is 1.49 bits per heavy atom. The number of ketones is 1. The summed E-state index contributed by atoms with van der Waals surface area (Å²) in [6, 6.07) is 8.51. The van der Waals surface area contributed by atoms with Gasteiger partial charge in [0, 0.05) is 34.8 Å².